The minimum atomic E-state index is 1.09. The molecule has 1 heteroatoms. The Bertz CT molecular complexity index is 474. The van der Waals surface area contributed by atoms with Gasteiger partial charge in [0.15, 0.2) is 0 Å². The van der Waals surface area contributed by atoms with Crippen molar-refractivity contribution in [1.29, 1.82) is 0 Å². The lowest BCUT2D eigenvalue weighted by molar-refractivity contribution is 0.922. The first-order valence-corrected chi connectivity index (χ1v) is 5.82. The van der Waals surface area contributed by atoms with Crippen LogP contribution in [0, 0.1) is 6.92 Å². The highest BCUT2D eigenvalue weighted by Gasteiger charge is 2.04. The van der Waals surface area contributed by atoms with E-state index in [4.69, 9.17) is 0 Å². The molecule has 2 rings (SSSR count). The molecule has 1 aromatic carbocycles. The molecule has 0 atom stereocenters. The van der Waals surface area contributed by atoms with Crippen LogP contribution in [-0.2, 0) is 6.42 Å². The Hall–Kier alpha value is -1.63. The van der Waals surface area contributed by atoms with Gasteiger partial charge in [-0.3, -0.25) is 4.98 Å². The second-order valence-electron chi connectivity index (χ2n) is 4.13. The second kappa shape index (κ2) is 4.93. The Morgan fingerprint density at radius 2 is 1.94 bits per heavy atom. The molecule has 0 N–H and O–H groups in total. The Balaban J connectivity index is 2.46. The maximum absolute atomic E-state index is 4.45. The van der Waals surface area contributed by atoms with Crippen LogP contribution in [0.4, 0.5) is 0 Å². The van der Waals surface area contributed by atoms with Gasteiger partial charge in [0.05, 0.1) is 5.69 Å². The number of aromatic nitrogens is 1. The average molecular weight is 211 g/mol. The van der Waals surface area contributed by atoms with Crippen LogP contribution in [0.25, 0.3) is 11.3 Å². The number of nitrogens with zero attached hydrogens (tertiary/aromatic N) is 1. The summed E-state index contributed by atoms with van der Waals surface area (Å²) in [5, 5.41) is 0. The summed E-state index contributed by atoms with van der Waals surface area (Å²) in [6.07, 6.45) is 4.17. The Kier molecular flexibility index (Phi) is 3.35. The second-order valence-corrected chi connectivity index (χ2v) is 4.13. The van der Waals surface area contributed by atoms with Gasteiger partial charge in [-0.25, -0.2) is 0 Å². The predicted octanol–water partition coefficient (Wildman–Crippen LogP) is 4.01. The van der Waals surface area contributed by atoms with Crippen molar-refractivity contribution < 1.29 is 0 Å². The van der Waals surface area contributed by atoms with Crippen LogP contribution >= 0.6 is 0 Å². The van der Waals surface area contributed by atoms with Gasteiger partial charge in [0.25, 0.3) is 0 Å². The summed E-state index contributed by atoms with van der Waals surface area (Å²) in [7, 11) is 0. The van der Waals surface area contributed by atoms with Crippen molar-refractivity contribution in [3.8, 4) is 11.3 Å². The molecule has 0 aliphatic rings. The normalized spacial score (nSPS) is 10.4. The molecular weight excluding hydrogens is 194 g/mol. The molecule has 1 heterocycles. The van der Waals surface area contributed by atoms with Crippen molar-refractivity contribution in [2.24, 2.45) is 0 Å². The van der Waals surface area contributed by atoms with Gasteiger partial charge in [-0.1, -0.05) is 37.6 Å². The summed E-state index contributed by atoms with van der Waals surface area (Å²) in [6.45, 7) is 4.31. The van der Waals surface area contributed by atoms with Crippen molar-refractivity contribution in [2.75, 3.05) is 0 Å². The van der Waals surface area contributed by atoms with Crippen LogP contribution in [0.15, 0.2) is 42.6 Å². The maximum Gasteiger partial charge on any atom is 0.0707 e. The largest absolute Gasteiger partial charge is 0.256 e. The highest BCUT2D eigenvalue weighted by Crippen LogP contribution is 2.23. The van der Waals surface area contributed by atoms with E-state index in [2.05, 4.69) is 49.2 Å². The molecule has 1 nitrogen and oxygen atoms in total. The molecule has 0 spiro atoms. The molecule has 82 valence electrons. The summed E-state index contributed by atoms with van der Waals surface area (Å²) in [5.41, 5.74) is 5.01. The van der Waals surface area contributed by atoms with Gasteiger partial charge in [-0.2, -0.15) is 0 Å². The van der Waals surface area contributed by atoms with Gasteiger partial charge in [0.1, 0.15) is 0 Å². The molecule has 0 unspecified atom stereocenters. The van der Waals surface area contributed by atoms with Gasteiger partial charge < -0.3 is 0 Å². The van der Waals surface area contributed by atoms with Gasteiger partial charge in [-0.15, -0.1) is 0 Å². The third-order valence-corrected chi connectivity index (χ3v) is 2.73. The number of benzene rings is 1. The van der Waals surface area contributed by atoms with E-state index in [9.17, 15) is 0 Å². The lowest BCUT2D eigenvalue weighted by atomic mass is 10.00. The molecule has 0 saturated heterocycles. The number of aryl methyl sites for hydroxylation is 2. The molecule has 0 radical (unpaired) electrons. The summed E-state index contributed by atoms with van der Waals surface area (Å²) in [6, 6.07) is 12.7. The quantitative estimate of drug-likeness (QED) is 0.747. The molecule has 16 heavy (non-hydrogen) atoms. The Labute approximate surface area is 97.2 Å². The lowest BCUT2D eigenvalue weighted by Gasteiger charge is -2.08. The van der Waals surface area contributed by atoms with Gasteiger partial charge in [0.2, 0.25) is 0 Å². The van der Waals surface area contributed by atoms with E-state index in [1.807, 2.05) is 12.3 Å². The minimum Gasteiger partial charge on any atom is -0.256 e. The maximum atomic E-state index is 4.45. The minimum absolute atomic E-state index is 1.09. The first kappa shape index (κ1) is 10.9. The van der Waals surface area contributed by atoms with E-state index in [0.29, 0.717) is 0 Å². The van der Waals surface area contributed by atoms with Crippen LogP contribution < -0.4 is 0 Å². The number of rotatable bonds is 3. The van der Waals surface area contributed by atoms with Crippen LogP contribution in [-0.4, -0.2) is 4.98 Å². The molecule has 1 aromatic heterocycles. The summed E-state index contributed by atoms with van der Waals surface area (Å²) in [4.78, 5) is 4.45. The smallest absolute Gasteiger partial charge is 0.0707 e. The molecule has 0 fully saturated rings. The monoisotopic (exact) mass is 211 g/mol. The van der Waals surface area contributed by atoms with E-state index in [0.717, 1.165) is 12.1 Å². The van der Waals surface area contributed by atoms with Gasteiger partial charge >= 0.3 is 0 Å². The van der Waals surface area contributed by atoms with Crippen LogP contribution in [0.1, 0.15) is 24.5 Å². The van der Waals surface area contributed by atoms with E-state index >= 15 is 0 Å². The zero-order valence-electron chi connectivity index (χ0n) is 9.90. The standard InChI is InChI=1S/C15H17N/c1-3-6-13-7-4-5-8-14(13)15-11-12(2)9-10-16-15/h4-5,7-11H,3,6H2,1-2H3. The molecule has 0 saturated carbocycles. The topological polar surface area (TPSA) is 12.9 Å². The number of pyridine rings is 1. The molecule has 2 aromatic rings. The van der Waals surface area contributed by atoms with Crippen LogP contribution in [0.3, 0.4) is 0 Å². The zero-order chi connectivity index (χ0) is 11.4. The third-order valence-electron chi connectivity index (χ3n) is 2.73. The van der Waals surface area contributed by atoms with E-state index in [-0.39, 0.29) is 0 Å². The SMILES string of the molecule is CCCc1ccccc1-c1cc(C)ccn1. The van der Waals surface area contributed by atoms with Crippen LogP contribution in [0.5, 0.6) is 0 Å². The Morgan fingerprint density at radius 3 is 2.69 bits per heavy atom. The van der Waals surface area contributed by atoms with E-state index < -0.39 is 0 Å². The fourth-order valence-electron chi connectivity index (χ4n) is 1.94. The number of hydrogen-bond donors (Lipinski definition) is 0. The number of hydrogen-bond acceptors (Lipinski definition) is 1. The van der Waals surface area contributed by atoms with Crippen molar-refractivity contribution in [2.45, 2.75) is 26.7 Å². The first-order valence-electron chi connectivity index (χ1n) is 5.82. The molecule has 0 aliphatic carbocycles. The molecule has 0 aliphatic heterocycles. The van der Waals surface area contributed by atoms with Crippen molar-refractivity contribution in [1.82, 2.24) is 4.98 Å². The van der Waals surface area contributed by atoms with Crippen molar-refractivity contribution in [3.05, 3.63) is 53.7 Å². The molecule has 0 amide bonds. The summed E-state index contributed by atoms with van der Waals surface area (Å²) >= 11 is 0. The highest BCUT2D eigenvalue weighted by atomic mass is 14.7. The van der Waals surface area contributed by atoms with Crippen molar-refractivity contribution in [3.63, 3.8) is 0 Å². The van der Waals surface area contributed by atoms with Crippen molar-refractivity contribution >= 4 is 0 Å². The Morgan fingerprint density at radius 1 is 1.12 bits per heavy atom. The van der Waals surface area contributed by atoms with E-state index in [1.165, 1.54) is 23.1 Å². The zero-order valence-corrected chi connectivity index (χ0v) is 9.90. The van der Waals surface area contributed by atoms with Crippen LogP contribution in [0.2, 0.25) is 0 Å². The fourth-order valence-corrected chi connectivity index (χ4v) is 1.94. The van der Waals surface area contributed by atoms with Gasteiger partial charge in [-0.05, 0) is 36.6 Å². The average Bonchev–Trinajstić information content (AvgIpc) is 2.30. The first-order chi connectivity index (χ1) is 7.81. The summed E-state index contributed by atoms with van der Waals surface area (Å²) < 4.78 is 0. The lowest BCUT2D eigenvalue weighted by Crippen LogP contribution is -1.91. The third kappa shape index (κ3) is 2.30. The predicted molar refractivity (Wildman–Crippen MR) is 68.4 cm³/mol. The molecular formula is C15H17N. The molecule has 0 bridgehead atoms. The van der Waals surface area contributed by atoms with E-state index in [1.54, 1.807) is 0 Å². The summed E-state index contributed by atoms with van der Waals surface area (Å²) in [5.74, 6) is 0. The highest BCUT2D eigenvalue weighted by molar-refractivity contribution is 5.64. The fraction of sp³-hybridized carbons (Fsp3) is 0.267. The van der Waals surface area contributed by atoms with Gasteiger partial charge in [0, 0.05) is 11.8 Å².